The summed E-state index contributed by atoms with van der Waals surface area (Å²) >= 11 is 1.40. The molecule has 2 aliphatic carbocycles. The second-order valence-corrected chi connectivity index (χ2v) is 7.81. The van der Waals surface area contributed by atoms with Gasteiger partial charge in [0.15, 0.2) is 0 Å². The maximum absolute atomic E-state index is 12.8. The molecule has 6 nitrogen and oxygen atoms in total. The second kappa shape index (κ2) is 6.78. The molecule has 1 amide bonds. The van der Waals surface area contributed by atoms with E-state index in [2.05, 4.69) is 26.0 Å². The molecular weight excluding hydrogens is 334 g/mol. The van der Waals surface area contributed by atoms with Gasteiger partial charge in [-0.2, -0.15) is 4.98 Å². The summed E-state index contributed by atoms with van der Waals surface area (Å²) in [6.07, 6.45) is 9.06. The minimum Gasteiger partial charge on any atom is -0.313 e. The molecule has 2 aromatic heterocycles. The predicted molar refractivity (Wildman–Crippen MR) is 97.4 cm³/mol. The van der Waals surface area contributed by atoms with Crippen molar-refractivity contribution in [1.82, 2.24) is 24.5 Å². The van der Waals surface area contributed by atoms with Gasteiger partial charge in [-0.15, -0.1) is 5.10 Å². The zero-order chi connectivity index (χ0) is 17.4. The average Bonchev–Trinajstić information content (AvgIpc) is 3.33. The first kappa shape index (κ1) is 16.6. The highest BCUT2D eigenvalue weighted by molar-refractivity contribution is 7.99. The van der Waals surface area contributed by atoms with Gasteiger partial charge in [0.2, 0.25) is 11.1 Å². The number of fused-ring (bicyclic) bond motifs is 1. The maximum Gasteiger partial charge on any atom is 0.253 e. The van der Waals surface area contributed by atoms with E-state index in [1.54, 1.807) is 4.52 Å². The summed E-state index contributed by atoms with van der Waals surface area (Å²) in [6, 6.07) is 2.39. The van der Waals surface area contributed by atoms with Gasteiger partial charge in [-0.1, -0.05) is 17.8 Å². The molecule has 2 heterocycles. The lowest BCUT2D eigenvalue weighted by Gasteiger charge is -2.27. The van der Waals surface area contributed by atoms with E-state index in [-0.39, 0.29) is 5.91 Å². The van der Waals surface area contributed by atoms with E-state index in [0.29, 0.717) is 22.7 Å². The first-order valence-electron chi connectivity index (χ1n) is 8.97. The molecule has 0 spiro atoms. The molecule has 2 aromatic rings. The lowest BCUT2D eigenvalue weighted by Crippen LogP contribution is -2.34. The summed E-state index contributed by atoms with van der Waals surface area (Å²) in [6.45, 7) is 3.93. The van der Waals surface area contributed by atoms with Crippen LogP contribution in [0.1, 0.15) is 49.9 Å². The number of hydrogen-bond acceptors (Lipinski definition) is 5. The Morgan fingerprint density at radius 3 is 2.88 bits per heavy atom. The summed E-state index contributed by atoms with van der Waals surface area (Å²) in [5.41, 5.74) is 3.16. The van der Waals surface area contributed by atoms with Crippen LogP contribution in [0.2, 0.25) is 0 Å². The number of nitrogens with zero attached hydrogens (tertiary/aromatic N) is 5. The molecule has 4 rings (SSSR count). The van der Waals surface area contributed by atoms with Crippen molar-refractivity contribution in [3.63, 3.8) is 0 Å². The fourth-order valence-corrected chi connectivity index (χ4v) is 4.05. The molecule has 0 bridgehead atoms. The van der Waals surface area contributed by atoms with E-state index < -0.39 is 0 Å². The Morgan fingerprint density at radius 1 is 1.32 bits per heavy atom. The Hall–Kier alpha value is -1.89. The molecule has 0 N–H and O–H groups in total. The van der Waals surface area contributed by atoms with Crippen LogP contribution in [0.25, 0.3) is 5.78 Å². The minimum absolute atomic E-state index is 0.181. The van der Waals surface area contributed by atoms with Crippen molar-refractivity contribution in [2.45, 2.75) is 63.6 Å². The van der Waals surface area contributed by atoms with Gasteiger partial charge < -0.3 is 4.90 Å². The first-order valence-corrected chi connectivity index (χ1v) is 9.95. The van der Waals surface area contributed by atoms with Crippen molar-refractivity contribution in [3.05, 3.63) is 29.2 Å². The van der Waals surface area contributed by atoms with Gasteiger partial charge in [-0.3, -0.25) is 4.79 Å². The second-order valence-electron chi connectivity index (χ2n) is 6.87. The van der Waals surface area contributed by atoms with E-state index in [1.807, 2.05) is 19.9 Å². The lowest BCUT2D eigenvalue weighted by atomic mass is 10.0. The predicted octanol–water partition coefficient (Wildman–Crippen LogP) is 3.28. The van der Waals surface area contributed by atoms with Crippen LogP contribution in [0.5, 0.6) is 0 Å². The van der Waals surface area contributed by atoms with Crippen LogP contribution in [0, 0.1) is 13.8 Å². The smallest absolute Gasteiger partial charge is 0.253 e. The molecule has 0 unspecified atom stereocenters. The molecule has 0 aromatic carbocycles. The van der Waals surface area contributed by atoms with Crippen LogP contribution < -0.4 is 0 Å². The van der Waals surface area contributed by atoms with Gasteiger partial charge in [0.1, 0.15) is 0 Å². The Balaban J connectivity index is 1.47. The van der Waals surface area contributed by atoms with E-state index in [0.717, 1.165) is 37.1 Å². The van der Waals surface area contributed by atoms with E-state index in [1.165, 1.54) is 30.3 Å². The standard InChI is InChI=1S/C18H23N5OS/c1-12-10-13(2)23-17(19-12)20-18(21-23)25-11-16(24)22(15-8-9-15)14-6-4-3-5-7-14/h6,10,15H,3-5,7-9,11H2,1-2H3. The molecule has 1 fully saturated rings. The third-order valence-corrected chi connectivity index (χ3v) is 5.50. The number of hydrogen-bond donors (Lipinski definition) is 0. The third-order valence-electron chi connectivity index (χ3n) is 4.68. The lowest BCUT2D eigenvalue weighted by molar-refractivity contribution is -0.127. The number of thioether (sulfide) groups is 1. The molecule has 0 aliphatic heterocycles. The van der Waals surface area contributed by atoms with Gasteiger partial charge in [0.25, 0.3) is 5.78 Å². The Kier molecular flexibility index (Phi) is 4.50. The van der Waals surface area contributed by atoms with Crippen LogP contribution in [0.4, 0.5) is 0 Å². The number of aromatic nitrogens is 4. The number of carbonyl (C=O) groups is 1. The molecule has 25 heavy (non-hydrogen) atoms. The number of carbonyl (C=O) groups excluding carboxylic acids is 1. The van der Waals surface area contributed by atoms with Crippen molar-refractivity contribution in [3.8, 4) is 0 Å². The zero-order valence-electron chi connectivity index (χ0n) is 14.7. The van der Waals surface area contributed by atoms with Crippen molar-refractivity contribution < 1.29 is 4.79 Å². The van der Waals surface area contributed by atoms with Crippen LogP contribution in [0.15, 0.2) is 23.0 Å². The Morgan fingerprint density at radius 2 is 2.16 bits per heavy atom. The molecule has 0 radical (unpaired) electrons. The Labute approximate surface area is 151 Å². The number of amides is 1. The van der Waals surface area contributed by atoms with Crippen LogP contribution in [-0.2, 0) is 4.79 Å². The van der Waals surface area contributed by atoms with E-state index in [4.69, 9.17) is 0 Å². The summed E-state index contributed by atoms with van der Waals surface area (Å²) in [4.78, 5) is 23.7. The normalized spacial score (nSPS) is 17.6. The molecule has 0 saturated heterocycles. The van der Waals surface area contributed by atoms with Gasteiger partial charge in [-0.05, 0) is 58.4 Å². The van der Waals surface area contributed by atoms with Crippen molar-refractivity contribution in [1.29, 1.82) is 0 Å². The summed E-state index contributed by atoms with van der Waals surface area (Å²) in [7, 11) is 0. The summed E-state index contributed by atoms with van der Waals surface area (Å²) < 4.78 is 1.74. The van der Waals surface area contributed by atoms with E-state index in [9.17, 15) is 4.79 Å². The van der Waals surface area contributed by atoms with Gasteiger partial charge in [0.05, 0.1) is 5.75 Å². The molecule has 132 valence electrons. The topological polar surface area (TPSA) is 63.4 Å². The number of aryl methyl sites for hydroxylation is 2. The Bertz CT molecular complexity index is 839. The van der Waals surface area contributed by atoms with Gasteiger partial charge in [0, 0.05) is 23.1 Å². The fourth-order valence-electron chi connectivity index (χ4n) is 3.38. The average molecular weight is 357 g/mol. The molecule has 1 saturated carbocycles. The molecule has 7 heteroatoms. The maximum atomic E-state index is 12.8. The minimum atomic E-state index is 0.181. The van der Waals surface area contributed by atoms with Gasteiger partial charge in [-0.25, -0.2) is 9.50 Å². The third kappa shape index (κ3) is 3.56. The van der Waals surface area contributed by atoms with Crippen molar-refractivity contribution in [2.24, 2.45) is 0 Å². The SMILES string of the molecule is Cc1cc(C)n2nc(SCC(=O)N(C3=CCCCC3)C3CC3)nc2n1. The number of allylic oxidation sites excluding steroid dienone is 2. The molecule has 2 aliphatic rings. The van der Waals surface area contributed by atoms with Crippen LogP contribution >= 0.6 is 11.8 Å². The first-order chi connectivity index (χ1) is 12.1. The highest BCUT2D eigenvalue weighted by atomic mass is 32.2. The van der Waals surface area contributed by atoms with Gasteiger partial charge >= 0.3 is 0 Å². The molecule has 0 atom stereocenters. The highest BCUT2D eigenvalue weighted by Gasteiger charge is 2.35. The summed E-state index contributed by atoms with van der Waals surface area (Å²) in [5, 5.41) is 5.09. The highest BCUT2D eigenvalue weighted by Crippen LogP contribution is 2.34. The van der Waals surface area contributed by atoms with Crippen LogP contribution in [-0.4, -0.2) is 42.2 Å². The summed E-state index contributed by atoms with van der Waals surface area (Å²) in [5.74, 6) is 1.16. The quantitative estimate of drug-likeness (QED) is 0.769. The number of rotatable bonds is 5. The van der Waals surface area contributed by atoms with Crippen LogP contribution in [0.3, 0.4) is 0 Å². The monoisotopic (exact) mass is 357 g/mol. The fraction of sp³-hybridized carbons (Fsp3) is 0.556. The van der Waals surface area contributed by atoms with E-state index >= 15 is 0 Å². The van der Waals surface area contributed by atoms with Crippen molar-refractivity contribution in [2.75, 3.05) is 5.75 Å². The largest absolute Gasteiger partial charge is 0.313 e. The molecular formula is C18H23N5OS. The zero-order valence-corrected chi connectivity index (χ0v) is 15.6. The van der Waals surface area contributed by atoms with Crippen molar-refractivity contribution >= 4 is 23.4 Å².